The van der Waals surface area contributed by atoms with Gasteiger partial charge in [-0.2, -0.15) is 0 Å². The summed E-state index contributed by atoms with van der Waals surface area (Å²) in [6.07, 6.45) is 2.59. The van der Waals surface area contributed by atoms with Crippen LogP contribution < -0.4 is 5.32 Å². The van der Waals surface area contributed by atoms with E-state index in [1.54, 1.807) is 25.3 Å². The van der Waals surface area contributed by atoms with Gasteiger partial charge in [0.05, 0.1) is 5.56 Å². The number of rotatable bonds is 3. The van der Waals surface area contributed by atoms with Crippen LogP contribution in [0.5, 0.6) is 0 Å². The van der Waals surface area contributed by atoms with Crippen molar-refractivity contribution in [3.63, 3.8) is 0 Å². The first-order valence-corrected chi connectivity index (χ1v) is 5.12. The molecule has 0 fully saturated rings. The Hall–Kier alpha value is -2.63. The van der Waals surface area contributed by atoms with E-state index in [2.05, 4.69) is 10.3 Å². The molecule has 2 heterocycles. The van der Waals surface area contributed by atoms with Crippen molar-refractivity contribution in [2.45, 2.75) is 6.92 Å². The van der Waals surface area contributed by atoms with Gasteiger partial charge in [-0.05, 0) is 19.1 Å². The molecule has 2 rings (SSSR count). The predicted molar refractivity (Wildman–Crippen MR) is 62.6 cm³/mol. The first-order valence-electron chi connectivity index (χ1n) is 5.12. The molecule has 2 aromatic heterocycles. The first-order chi connectivity index (χ1) is 8.56. The maximum atomic E-state index is 11.7. The number of aryl methyl sites for hydroxylation is 1. The Bertz CT molecular complexity index is 604. The summed E-state index contributed by atoms with van der Waals surface area (Å²) in [5, 5.41) is 11.3. The lowest BCUT2D eigenvalue weighted by atomic mass is 10.3. The molecule has 0 aromatic carbocycles. The number of anilines is 1. The number of hydrogen-bond acceptors (Lipinski definition) is 4. The van der Waals surface area contributed by atoms with E-state index in [4.69, 9.17) is 9.52 Å². The monoisotopic (exact) mass is 246 g/mol. The van der Waals surface area contributed by atoms with Gasteiger partial charge in [0.15, 0.2) is 5.76 Å². The molecule has 0 bridgehead atoms. The number of carbonyl (C=O) groups excluding carboxylic acids is 1. The van der Waals surface area contributed by atoms with Crippen LogP contribution in [0.4, 0.5) is 5.69 Å². The number of carbonyl (C=O) groups is 2. The minimum absolute atomic E-state index is 0.0538. The number of amides is 1. The zero-order valence-corrected chi connectivity index (χ0v) is 9.51. The fraction of sp³-hybridized carbons (Fsp3) is 0.0833. The number of hydrogen-bond donors (Lipinski definition) is 2. The highest BCUT2D eigenvalue weighted by atomic mass is 16.4. The summed E-state index contributed by atoms with van der Waals surface area (Å²) >= 11 is 0. The third-order valence-corrected chi connectivity index (χ3v) is 2.22. The van der Waals surface area contributed by atoms with Gasteiger partial charge in [0, 0.05) is 23.6 Å². The number of aromatic carboxylic acids is 1. The molecule has 6 nitrogen and oxygen atoms in total. The van der Waals surface area contributed by atoms with Gasteiger partial charge in [-0.3, -0.25) is 9.78 Å². The van der Waals surface area contributed by atoms with Crippen molar-refractivity contribution in [1.82, 2.24) is 4.98 Å². The van der Waals surface area contributed by atoms with E-state index >= 15 is 0 Å². The summed E-state index contributed by atoms with van der Waals surface area (Å²) in [6, 6.07) is 4.50. The lowest BCUT2D eigenvalue weighted by molar-refractivity contribution is 0.0696. The van der Waals surface area contributed by atoms with E-state index in [1.807, 2.05) is 0 Å². The van der Waals surface area contributed by atoms with Gasteiger partial charge in [0.25, 0.3) is 5.91 Å². The number of carboxylic acids is 1. The molecule has 0 spiro atoms. The van der Waals surface area contributed by atoms with Crippen LogP contribution in [-0.2, 0) is 0 Å². The van der Waals surface area contributed by atoms with Crippen LogP contribution in [0.15, 0.2) is 35.1 Å². The van der Waals surface area contributed by atoms with Crippen molar-refractivity contribution < 1.29 is 19.1 Å². The molecule has 6 heteroatoms. The van der Waals surface area contributed by atoms with Gasteiger partial charge in [0.1, 0.15) is 6.26 Å². The average molecular weight is 246 g/mol. The van der Waals surface area contributed by atoms with Crippen LogP contribution in [0.1, 0.15) is 26.6 Å². The second-order valence-corrected chi connectivity index (χ2v) is 3.64. The fourth-order valence-electron chi connectivity index (χ4n) is 1.38. The molecule has 1 amide bonds. The molecular weight excluding hydrogens is 236 g/mol. The Balaban J connectivity index is 2.14. The molecule has 0 aliphatic rings. The van der Waals surface area contributed by atoms with Crippen molar-refractivity contribution in [3.05, 3.63) is 47.7 Å². The number of nitrogens with zero attached hydrogens (tertiary/aromatic N) is 1. The third kappa shape index (κ3) is 2.54. The third-order valence-electron chi connectivity index (χ3n) is 2.22. The van der Waals surface area contributed by atoms with E-state index in [9.17, 15) is 9.59 Å². The molecule has 0 unspecified atom stereocenters. The highest BCUT2D eigenvalue weighted by Crippen LogP contribution is 2.12. The van der Waals surface area contributed by atoms with Crippen LogP contribution in [0, 0.1) is 6.92 Å². The van der Waals surface area contributed by atoms with Crippen molar-refractivity contribution in [2.75, 3.05) is 5.32 Å². The van der Waals surface area contributed by atoms with E-state index in [1.165, 1.54) is 6.07 Å². The minimum Gasteiger partial charge on any atom is -0.478 e. The Morgan fingerprint density at radius 1 is 1.39 bits per heavy atom. The Labute approximate surface area is 102 Å². The van der Waals surface area contributed by atoms with E-state index in [-0.39, 0.29) is 11.3 Å². The van der Waals surface area contributed by atoms with Crippen molar-refractivity contribution in [3.8, 4) is 0 Å². The van der Waals surface area contributed by atoms with Gasteiger partial charge in [-0.1, -0.05) is 0 Å². The van der Waals surface area contributed by atoms with Crippen molar-refractivity contribution in [2.24, 2.45) is 0 Å². The normalized spacial score (nSPS) is 10.1. The smallest absolute Gasteiger partial charge is 0.338 e. The summed E-state index contributed by atoms with van der Waals surface area (Å²) in [5.74, 6) is -1.70. The lowest BCUT2D eigenvalue weighted by Crippen LogP contribution is -2.11. The second kappa shape index (κ2) is 4.70. The molecule has 0 saturated carbocycles. The van der Waals surface area contributed by atoms with Crippen LogP contribution in [0.2, 0.25) is 0 Å². The van der Waals surface area contributed by atoms with Crippen molar-refractivity contribution in [1.29, 1.82) is 0 Å². The molecule has 92 valence electrons. The summed E-state index contributed by atoms with van der Waals surface area (Å²) in [5.41, 5.74) is 1.27. The van der Waals surface area contributed by atoms with Gasteiger partial charge in [0.2, 0.25) is 0 Å². The van der Waals surface area contributed by atoms with Gasteiger partial charge in [-0.25, -0.2) is 4.79 Å². The topological polar surface area (TPSA) is 92.4 Å². The van der Waals surface area contributed by atoms with Crippen LogP contribution >= 0.6 is 0 Å². The number of carboxylic acid groups (broad SMARTS) is 1. The molecule has 0 atom stereocenters. The largest absolute Gasteiger partial charge is 0.478 e. The molecule has 2 aromatic rings. The Morgan fingerprint density at radius 3 is 2.78 bits per heavy atom. The summed E-state index contributed by atoms with van der Waals surface area (Å²) in [6.45, 7) is 1.80. The number of aromatic nitrogens is 1. The SMILES string of the molecule is Cc1cc(NC(=O)c2cc(C(=O)O)co2)ccn1. The van der Waals surface area contributed by atoms with Gasteiger partial charge < -0.3 is 14.8 Å². The Kier molecular flexibility index (Phi) is 3.09. The molecule has 18 heavy (non-hydrogen) atoms. The van der Waals surface area contributed by atoms with Crippen LogP contribution in [-0.4, -0.2) is 22.0 Å². The zero-order chi connectivity index (χ0) is 13.1. The molecule has 0 saturated heterocycles. The number of nitrogens with one attached hydrogen (secondary N) is 1. The zero-order valence-electron chi connectivity index (χ0n) is 9.51. The standard InChI is InChI=1S/C12H10N2O4/c1-7-4-9(2-3-13-7)14-11(15)10-5-8(6-18-10)12(16)17/h2-6H,1H3,(H,16,17)(H,13,14,15). The van der Waals surface area contributed by atoms with Crippen LogP contribution in [0.3, 0.4) is 0 Å². The van der Waals surface area contributed by atoms with E-state index in [0.717, 1.165) is 12.0 Å². The highest BCUT2D eigenvalue weighted by molar-refractivity contribution is 6.03. The van der Waals surface area contributed by atoms with Gasteiger partial charge in [-0.15, -0.1) is 0 Å². The molecule has 0 radical (unpaired) electrons. The molecule has 0 aliphatic heterocycles. The number of pyridine rings is 1. The van der Waals surface area contributed by atoms with E-state index in [0.29, 0.717) is 5.69 Å². The Morgan fingerprint density at radius 2 is 2.17 bits per heavy atom. The predicted octanol–water partition coefficient (Wildman–Crippen LogP) is 1.93. The molecular formula is C12H10N2O4. The highest BCUT2D eigenvalue weighted by Gasteiger charge is 2.14. The molecule has 0 aliphatic carbocycles. The number of furan rings is 1. The van der Waals surface area contributed by atoms with Crippen molar-refractivity contribution >= 4 is 17.6 Å². The summed E-state index contributed by atoms with van der Waals surface area (Å²) in [7, 11) is 0. The summed E-state index contributed by atoms with van der Waals surface area (Å²) < 4.78 is 4.88. The fourth-order valence-corrected chi connectivity index (χ4v) is 1.38. The summed E-state index contributed by atoms with van der Waals surface area (Å²) in [4.78, 5) is 26.4. The molecule has 2 N–H and O–H groups in total. The average Bonchev–Trinajstić information content (AvgIpc) is 2.78. The minimum atomic E-state index is -1.14. The quantitative estimate of drug-likeness (QED) is 0.863. The first kappa shape index (κ1) is 11.8. The maximum Gasteiger partial charge on any atom is 0.338 e. The van der Waals surface area contributed by atoms with Crippen LogP contribution in [0.25, 0.3) is 0 Å². The van der Waals surface area contributed by atoms with Gasteiger partial charge >= 0.3 is 5.97 Å². The van der Waals surface area contributed by atoms with E-state index < -0.39 is 11.9 Å². The maximum absolute atomic E-state index is 11.7. The second-order valence-electron chi connectivity index (χ2n) is 3.64. The lowest BCUT2D eigenvalue weighted by Gasteiger charge is -2.02.